The van der Waals surface area contributed by atoms with Gasteiger partial charge in [0.05, 0.1) is 0 Å². The van der Waals surface area contributed by atoms with E-state index in [9.17, 15) is 30.7 Å². The zero-order valence-electron chi connectivity index (χ0n) is 25.7. The predicted octanol–water partition coefficient (Wildman–Crippen LogP) is 11.7. The van der Waals surface area contributed by atoms with Gasteiger partial charge < -0.3 is 9.47 Å². The van der Waals surface area contributed by atoms with Crippen molar-refractivity contribution in [3.63, 3.8) is 0 Å². The van der Waals surface area contributed by atoms with E-state index in [0.29, 0.717) is 29.4 Å². The van der Waals surface area contributed by atoms with Crippen LogP contribution < -0.4 is 9.47 Å². The minimum atomic E-state index is -4.76. The van der Waals surface area contributed by atoms with Gasteiger partial charge in [-0.25, -0.2) is 26.3 Å². The molecule has 0 N–H and O–H groups in total. The van der Waals surface area contributed by atoms with E-state index >= 15 is 4.39 Å². The molecule has 1 aliphatic rings. The molecule has 47 heavy (non-hydrogen) atoms. The summed E-state index contributed by atoms with van der Waals surface area (Å²) in [6.45, 7) is 2.23. The van der Waals surface area contributed by atoms with E-state index in [-0.39, 0.29) is 29.9 Å². The average molecular weight is 663 g/mol. The Morgan fingerprint density at radius 3 is 1.91 bits per heavy atom. The van der Waals surface area contributed by atoms with E-state index in [1.807, 2.05) is 12.1 Å². The summed E-state index contributed by atoms with van der Waals surface area (Å²) in [5.41, 5.74) is -0.831. The van der Waals surface area contributed by atoms with Crippen molar-refractivity contribution in [1.82, 2.24) is 0 Å². The predicted molar refractivity (Wildman–Crippen MR) is 162 cm³/mol. The standard InChI is InChI=1S/C37H34F8O2/c1-2-3-4-5-22-6-9-24(10-7-22)25-11-13-27(14-12-25)46-21-23-8-15-29(30(38)16-23)26-17-31(39)35(32(40)18-26)37(44,45)47-28-19-33(41)36(43)34(42)20-28/h8,11-20,22,24H,2-7,9-10,21H2,1H3. The van der Waals surface area contributed by atoms with Crippen LogP contribution in [0.5, 0.6) is 11.5 Å². The molecule has 0 aliphatic heterocycles. The van der Waals surface area contributed by atoms with Crippen LogP contribution in [0.4, 0.5) is 35.1 Å². The third-order valence-electron chi connectivity index (χ3n) is 8.70. The Morgan fingerprint density at radius 2 is 1.32 bits per heavy atom. The summed E-state index contributed by atoms with van der Waals surface area (Å²) >= 11 is 0. The van der Waals surface area contributed by atoms with Crippen LogP contribution in [0.15, 0.2) is 66.7 Å². The van der Waals surface area contributed by atoms with Crippen LogP contribution in [0.2, 0.25) is 0 Å². The molecule has 0 aromatic heterocycles. The van der Waals surface area contributed by atoms with Crippen molar-refractivity contribution in [3.05, 3.63) is 118 Å². The maximum Gasteiger partial charge on any atom is 0.432 e. The highest BCUT2D eigenvalue weighted by Gasteiger charge is 2.41. The van der Waals surface area contributed by atoms with Crippen LogP contribution in [-0.4, -0.2) is 0 Å². The molecule has 1 saturated carbocycles. The Hall–Kier alpha value is -4.08. The van der Waals surface area contributed by atoms with E-state index in [2.05, 4.69) is 23.8 Å². The first-order chi connectivity index (χ1) is 22.4. The molecule has 0 unspecified atom stereocenters. The number of halogens is 8. The number of hydrogen-bond donors (Lipinski definition) is 0. The normalized spacial score (nSPS) is 16.7. The molecule has 0 bridgehead atoms. The molecule has 1 fully saturated rings. The minimum absolute atomic E-state index is 0.00914. The van der Waals surface area contributed by atoms with E-state index in [1.165, 1.54) is 69.1 Å². The molecule has 2 nitrogen and oxygen atoms in total. The highest BCUT2D eigenvalue weighted by Crippen LogP contribution is 2.39. The average Bonchev–Trinajstić information content (AvgIpc) is 3.02. The van der Waals surface area contributed by atoms with Gasteiger partial charge in [-0.3, -0.25) is 0 Å². The molecule has 4 aromatic carbocycles. The summed E-state index contributed by atoms with van der Waals surface area (Å²) < 4.78 is 124. The molecule has 0 amide bonds. The Balaban J connectivity index is 1.21. The zero-order chi connectivity index (χ0) is 33.7. The lowest BCUT2D eigenvalue weighted by molar-refractivity contribution is -0.189. The number of hydrogen-bond acceptors (Lipinski definition) is 2. The number of unbranched alkanes of at least 4 members (excludes halogenated alkanes) is 2. The van der Waals surface area contributed by atoms with Crippen LogP contribution in [0.3, 0.4) is 0 Å². The fourth-order valence-corrected chi connectivity index (χ4v) is 6.15. The van der Waals surface area contributed by atoms with Crippen LogP contribution in [0.25, 0.3) is 11.1 Å². The summed E-state index contributed by atoms with van der Waals surface area (Å²) in [5.74, 6) is -9.35. The van der Waals surface area contributed by atoms with Gasteiger partial charge in [0.1, 0.15) is 41.1 Å². The van der Waals surface area contributed by atoms with Gasteiger partial charge in [0, 0.05) is 17.7 Å². The quantitative estimate of drug-likeness (QED) is 0.0854. The monoisotopic (exact) mass is 662 g/mol. The summed E-state index contributed by atoms with van der Waals surface area (Å²) in [6.07, 6.45) is 5.26. The second-order valence-electron chi connectivity index (χ2n) is 12.0. The van der Waals surface area contributed by atoms with Gasteiger partial charge in [0.15, 0.2) is 17.5 Å². The van der Waals surface area contributed by atoms with Gasteiger partial charge in [0.2, 0.25) is 0 Å². The van der Waals surface area contributed by atoms with E-state index in [4.69, 9.17) is 4.74 Å². The first kappa shape index (κ1) is 34.3. The van der Waals surface area contributed by atoms with E-state index in [1.54, 1.807) is 0 Å². The number of alkyl halides is 2. The van der Waals surface area contributed by atoms with E-state index < -0.39 is 52.3 Å². The van der Waals surface area contributed by atoms with Gasteiger partial charge in [0.25, 0.3) is 0 Å². The molecule has 4 aromatic rings. The topological polar surface area (TPSA) is 18.5 Å². The smallest absolute Gasteiger partial charge is 0.432 e. The van der Waals surface area contributed by atoms with Crippen molar-refractivity contribution in [2.45, 2.75) is 76.9 Å². The maximum atomic E-state index is 15.1. The molecular formula is C37H34F8O2. The fourth-order valence-electron chi connectivity index (χ4n) is 6.15. The molecule has 10 heteroatoms. The van der Waals surface area contributed by atoms with Crippen LogP contribution >= 0.6 is 0 Å². The second kappa shape index (κ2) is 14.8. The zero-order valence-corrected chi connectivity index (χ0v) is 25.7. The van der Waals surface area contributed by atoms with Gasteiger partial charge in [-0.2, -0.15) is 8.78 Å². The van der Waals surface area contributed by atoms with Crippen molar-refractivity contribution < 1.29 is 44.6 Å². The lowest BCUT2D eigenvalue weighted by atomic mass is 9.77. The van der Waals surface area contributed by atoms with Crippen molar-refractivity contribution >= 4 is 0 Å². The van der Waals surface area contributed by atoms with Crippen molar-refractivity contribution in [1.29, 1.82) is 0 Å². The SMILES string of the molecule is CCCCCC1CCC(c2ccc(OCc3ccc(-c4cc(F)c(C(F)(F)Oc5cc(F)c(F)c(F)c5)c(F)c4)c(F)c3)cc2)CC1. The molecule has 0 radical (unpaired) electrons. The number of rotatable bonds is 12. The van der Waals surface area contributed by atoms with Gasteiger partial charge >= 0.3 is 6.11 Å². The third-order valence-corrected chi connectivity index (χ3v) is 8.70. The molecular weight excluding hydrogens is 628 g/mol. The largest absolute Gasteiger partial charge is 0.489 e. The molecule has 0 saturated heterocycles. The van der Waals surface area contributed by atoms with Gasteiger partial charge in [-0.15, -0.1) is 0 Å². The summed E-state index contributed by atoms with van der Waals surface area (Å²) in [4.78, 5) is 0. The second-order valence-corrected chi connectivity index (χ2v) is 12.0. The van der Waals surface area contributed by atoms with Crippen LogP contribution in [0, 0.1) is 40.8 Å². The third kappa shape index (κ3) is 8.26. The van der Waals surface area contributed by atoms with E-state index in [0.717, 1.165) is 12.0 Å². The minimum Gasteiger partial charge on any atom is -0.489 e. The van der Waals surface area contributed by atoms with Gasteiger partial charge in [-0.05, 0) is 84.5 Å². The highest BCUT2D eigenvalue weighted by atomic mass is 19.3. The molecule has 0 spiro atoms. The molecule has 5 rings (SSSR count). The number of benzene rings is 4. The van der Waals surface area contributed by atoms with Crippen LogP contribution in [0.1, 0.15) is 80.9 Å². The lowest BCUT2D eigenvalue weighted by Gasteiger charge is -2.29. The Kier molecular flexibility index (Phi) is 10.8. The van der Waals surface area contributed by atoms with Crippen molar-refractivity contribution in [2.75, 3.05) is 0 Å². The van der Waals surface area contributed by atoms with Crippen LogP contribution in [-0.2, 0) is 12.7 Å². The first-order valence-electron chi connectivity index (χ1n) is 15.7. The molecule has 250 valence electrons. The molecule has 0 heterocycles. The maximum absolute atomic E-state index is 15.1. The Bertz CT molecular complexity index is 1630. The highest BCUT2D eigenvalue weighted by molar-refractivity contribution is 5.65. The first-order valence-corrected chi connectivity index (χ1v) is 15.7. The summed E-state index contributed by atoms with van der Waals surface area (Å²) in [6, 6.07) is 12.9. The fraction of sp³-hybridized carbons (Fsp3) is 0.351. The summed E-state index contributed by atoms with van der Waals surface area (Å²) in [7, 11) is 0. The lowest BCUT2D eigenvalue weighted by Crippen LogP contribution is -2.25. The van der Waals surface area contributed by atoms with Gasteiger partial charge in [-0.1, -0.05) is 56.9 Å². The van der Waals surface area contributed by atoms with Crippen molar-refractivity contribution in [2.24, 2.45) is 5.92 Å². The molecule has 1 aliphatic carbocycles. The summed E-state index contributed by atoms with van der Waals surface area (Å²) in [5, 5.41) is 0. The molecule has 0 atom stereocenters. The number of ether oxygens (including phenoxy) is 2. The Labute approximate surface area is 268 Å². The van der Waals surface area contributed by atoms with Crippen molar-refractivity contribution in [3.8, 4) is 22.6 Å². The Morgan fingerprint density at radius 1 is 0.681 bits per heavy atom.